The van der Waals surface area contributed by atoms with Gasteiger partial charge in [0.05, 0.1) is 9.92 Å². The van der Waals surface area contributed by atoms with Gasteiger partial charge in [-0.1, -0.05) is 72.3 Å². The third-order valence-corrected chi connectivity index (χ3v) is 5.85. The van der Waals surface area contributed by atoms with Gasteiger partial charge in [-0.3, -0.25) is 4.72 Å². The largest absolute Gasteiger partial charge is 0.482 e. The van der Waals surface area contributed by atoms with Crippen molar-refractivity contribution in [3.05, 3.63) is 95.8 Å². The molecule has 0 radical (unpaired) electrons. The third-order valence-electron chi connectivity index (χ3n) is 4.18. The molecule has 3 aromatic carbocycles. The number of benzene rings is 3. The standard InChI is InChI=1S/C22H17ClN2O4S/c23-18-13-7-8-14-19(18)28-15-20-24-22(21(29-20)16-9-3-1-4-10-16)25-30(26,27)17-11-5-2-6-12-17/h1-14,25H,15H2. The van der Waals surface area contributed by atoms with Crippen LogP contribution in [-0.2, 0) is 16.6 Å². The zero-order chi connectivity index (χ0) is 21.0. The fourth-order valence-corrected chi connectivity index (χ4v) is 3.98. The molecule has 30 heavy (non-hydrogen) atoms. The molecule has 0 aliphatic rings. The normalized spacial score (nSPS) is 11.2. The zero-order valence-electron chi connectivity index (χ0n) is 15.7. The number of aromatic nitrogens is 1. The van der Waals surface area contributed by atoms with Crippen molar-refractivity contribution in [2.75, 3.05) is 4.72 Å². The molecule has 0 saturated carbocycles. The number of rotatable bonds is 7. The van der Waals surface area contributed by atoms with Crippen LogP contribution in [0.15, 0.2) is 94.2 Å². The Morgan fingerprint density at radius 3 is 2.23 bits per heavy atom. The molecule has 0 unspecified atom stereocenters. The number of sulfonamides is 1. The Kier molecular flexibility index (Phi) is 5.74. The quantitative estimate of drug-likeness (QED) is 0.417. The van der Waals surface area contributed by atoms with Gasteiger partial charge in [0.1, 0.15) is 5.75 Å². The molecule has 1 N–H and O–H groups in total. The van der Waals surface area contributed by atoms with Crippen LogP contribution in [0.2, 0.25) is 5.02 Å². The summed E-state index contributed by atoms with van der Waals surface area (Å²) in [6, 6.07) is 24.2. The van der Waals surface area contributed by atoms with Gasteiger partial charge in [-0.2, -0.15) is 4.98 Å². The van der Waals surface area contributed by atoms with E-state index in [1.165, 1.54) is 12.1 Å². The number of oxazole rings is 1. The molecule has 4 aromatic rings. The van der Waals surface area contributed by atoms with Crippen molar-refractivity contribution >= 4 is 27.4 Å². The minimum absolute atomic E-state index is 0.0172. The summed E-state index contributed by atoms with van der Waals surface area (Å²) in [5.41, 5.74) is 0.680. The summed E-state index contributed by atoms with van der Waals surface area (Å²) in [7, 11) is -3.84. The molecule has 1 heterocycles. The van der Waals surface area contributed by atoms with E-state index in [2.05, 4.69) is 9.71 Å². The first-order valence-electron chi connectivity index (χ1n) is 9.03. The third kappa shape index (κ3) is 4.48. The van der Waals surface area contributed by atoms with Crippen molar-refractivity contribution < 1.29 is 17.6 Å². The maximum atomic E-state index is 12.8. The Hall–Kier alpha value is -3.29. The highest BCUT2D eigenvalue weighted by atomic mass is 35.5. The van der Waals surface area contributed by atoms with Crippen LogP contribution >= 0.6 is 11.6 Å². The Morgan fingerprint density at radius 2 is 1.53 bits per heavy atom. The minimum atomic E-state index is -3.84. The molecule has 0 aliphatic carbocycles. The lowest BCUT2D eigenvalue weighted by Crippen LogP contribution is -2.13. The molecule has 0 aliphatic heterocycles. The SMILES string of the molecule is O=S(=O)(Nc1nc(COc2ccccc2Cl)oc1-c1ccccc1)c1ccccc1. The highest BCUT2D eigenvalue weighted by Gasteiger charge is 2.22. The van der Waals surface area contributed by atoms with E-state index >= 15 is 0 Å². The second kappa shape index (κ2) is 8.61. The number of halogens is 1. The lowest BCUT2D eigenvalue weighted by Gasteiger charge is -2.06. The maximum Gasteiger partial charge on any atom is 0.263 e. The van der Waals surface area contributed by atoms with Crippen molar-refractivity contribution in [3.63, 3.8) is 0 Å². The van der Waals surface area contributed by atoms with Gasteiger partial charge in [0.2, 0.25) is 5.89 Å². The van der Waals surface area contributed by atoms with Crippen LogP contribution in [0.3, 0.4) is 0 Å². The van der Waals surface area contributed by atoms with E-state index in [1.807, 2.05) is 18.2 Å². The van der Waals surface area contributed by atoms with Crippen molar-refractivity contribution in [3.8, 4) is 17.1 Å². The van der Waals surface area contributed by atoms with Crippen LogP contribution in [0.5, 0.6) is 5.75 Å². The molecule has 0 saturated heterocycles. The first-order valence-corrected chi connectivity index (χ1v) is 10.9. The van der Waals surface area contributed by atoms with Crippen LogP contribution in [0.4, 0.5) is 5.82 Å². The molecule has 1 aromatic heterocycles. The summed E-state index contributed by atoms with van der Waals surface area (Å²) in [6.07, 6.45) is 0. The first-order chi connectivity index (χ1) is 14.5. The maximum absolute atomic E-state index is 12.8. The van der Waals surface area contributed by atoms with E-state index in [4.69, 9.17) is 20.8 Å². The second-order valence-corrected chi connectivity index (χ2v) is 8.38. The summed E-state index contributed by atoms with van der Waals surface area (Å²) in [5, 5.41) is 0.456. The van der Waals surface area contributed by atoms with Gasteiger partial charge < -0.3 is 9.15 Å². The lowest BCUT2D eigenvalue weighted by molar-refractivity contribution is 0.265. The number of anilines is 1. The highest BCUT2D eigenvalue weighted by molar-refractivity contribution is 7.92. The van der Waals surface area contributed by atoms with Crippen LogP contribution in [0.1, 0.15) is 5.89 Å². The Labute approximate surface area is 179 Å². The van der Waals surface area contributed by atoms with Crippen molar-refractivity contribution in [1.29, 1.82) is 0 Å². The second-order valence-electron chi connectivity index (χ2n) is 6.29. The monoisotopic (exact) mass is 440 g/mol. The Bertz CT molecular complexity index is 1240. The van der Waals surface area contributed by atoms with Crippen molar-refractivity contribution in [2.45, 2.75) is 11.5 Å². The molecule has 4 rings (SSSR count). The zero-order valence-corrected chi connectivity index (χ0v) is 17.2. The van der Waals surface area contributed by atoms with Crippen LogP contribution in [0.25, 0.3) is 11.3 Å². The van der Waals surface area contributed by atoms with Gasteiger partial charge in [-0.25, -0.2) is 8.42 Å². The molecule has 0 atom stereocenters. The molecular weight excluding hydrogens is 424 g/mol. The molecule has 6 nitrogen and oxygen atoms in total. The van der Waals surface area contributed by atoms with Gasteiger partial charge in [-0.05, 0) is 24.3 Å². The molecule has 152 valence electrons. The van der Waals surface area contributed by atoms with Crippen molar-refractivity contribution in [2.24, 2.45) is 0 Å². The highest BCUT2D eigenvalue weighted by Crippen LogP contribution is 2.31. The van der Waals surface area contributed by atoms with E-state index < -0.39 is 10.0 Å². The number of nitrogens with one attached hydrogen (secondary N) is 1. The molecule has 8 heteroatoms. The van der Waals surface area contributed by atoms with Crippen molar-refractivity contribution in [1.82, 2.24) is 4.98 Å². The number of hydrogen-bond donors (Lipinski definition) is 1. The molecule has 0 amide bonds. The summed E-state index contributed by atoms with van der Waals surface area (Å²) < 4.78 is 39.6. The molecule has 0 bridgehead atoms. The van der Waals surface area contributed by atoms with Crippen LogP contribution < -0.4 is 9.46 Å². The van der Waals surface area contributed by atoms with Gasteiger partial charge in [0, 0.05) is 5.56 Å². The summed E-state index contributed by atoms with van der Waals surface area (Å²) in [5.74, 6) is 1.07. The number of para-hydroxylation sites is 1. The summed E-state index contributed by atoms with van der Waals surface area (Å²) >= 11 is 6.11. The van der Waals surface area contributed by atoms with E-state index in [-0.39, 0.29) is 23.2 Å². The average molecular weight is 441 g/mol. The van der Waals surface area contributed by atoms with Gasteiger partial charge in [0.15, 0.2) is 18.2 Å². The van der Waals surface area contributed by atoms with Gasteiger partial charge in [0.25, 0.3) is 10.0 Å². The minimum Gasteiger partial charge on any atom is -0.482 e. The number of ether oxygens (including phenoxy) is 1. The van der Waals surface area contributed by atoms with Crippen LogP contribution in [-0.4, -0.2) is 13.4 Å². The molecule has 0 spiro atoms. The predicted octanol–water partition coefficient (Wildman–Crippen LogP) is 5.37. The molecular formula is C22H17ClN2O4S. The number of nitrogens with zero attached hydrogens (tertiary/aromatic N) is 1. The summed E-state index contributed by atoms with van der Waals surface area (Å²) in [6.45, 7) is -0.0172. The topological polar surface area (TPSA) is 81.4 Å². The fourth-order valence-electron chi connectivity index (χ4n) is 2.77. The first kappa shape index (κ1) is 20.0. The smallest absolute Gasteiger partial charge is 0.263 e. The Balaban J connectivity index is 1.66. The Morgan fingerprint density at radius 1 is 0.900 bits per heavy atom. The number of hydrogen-bond acceptors (Lipinski definition) is 5. The van der Waals surface area contributed by atoms with Crippen LogP contribution in [0, 0.1) is 0 Å². The predicted molar refractivity (Wildman–Crippen MR) is 115 cm³/mol. The lowest BCUT2D eigenvalue weighted by atomic mass is 10.2. The van der Waals surface area contributed by atoms with E-state index in [1.54, 1.807) is 54.6 Å². The average Bonchev–Trinajstić information content (AvgIpc) is 3.16. The van der Waals surface area contributed by atoms with Gasteiger partial charge >= 0.3 is 0 Å². The summed E-state index contributed by atoms with van der Waals surface area (Å²) in [4.78, 5) is 4.44. The van der Waals surface area contributed by atoms with Gasteiger partial charge in [-0.15, -0.1) is 0 Å². The van der Waals surface area contributed by atoms with E-state index in [0.717, 1.165) is 0 Å². The van der Waals surface area contributed by atoms with E-state index in [9.17, 15) is 8.42 Å². The van der Waals surface area contributed by atoms with E-state index in [0.29, 0.717) is 22.1 Å². The fraction of sp³-hybridized carbons (Fsp3) is 0.0455. The molecule has 0 fully saturated rings.